The van der Waals surface area contributed by atoms with Crippen LogP contribution in [0.25, 0.3) is 0 Å². The maximum Gasteiger partial charge on any atom is 0.224 e. The van der Waals surface area contributed by atoms with Crippen LogP contribution in [0.2, 0.25) is 0 Å². The largest absolute Gasteiger partial charge is 0.353 e. The summed E-state index contributed by atoms with van der Waals surface area (Å²) in [7, 11) is 3.81. The van der Waals surface area contributed by atoms with Crippen LogP contribution in [0.3, 0.4) is 0 Å². The Labute approximate surface area is 115 Å². The molecule has 2 N–H and O–H groups in total. The van der Waals surface area contributed by atoms with E-state index in [2.05, 4.69) is 22.7 Å². The zero-order valence-electron chi connectivity index (χ0n) is 12.9. The van der Waals surface area contributed by atoms with E-state index in [0.29, 0.717) is 6.54 Å². The zero-order chi connectivity index (χ0) is 14.6. The minimum Gasteiger partial charge on any atom is -0.353 e. The van der Waals surface area contributed by atoms with E-state index in [4.69, 9.17) is 0 Å². The summed E-state index contributed by atoms with van der Waals surface area (Å²) >= 11 is 0. The highest BCUT2D eigenvalue weighted by Gasteiger charge is 2.17. The van der Waals surface area contributed by atoms with Gasteiger partial charge in [-0.3, -0.25) is 9.48 Å². The van der Waals surface area contributed by atoms with Crippen LogP contribution < -0.4 is 10.6 Å². The van der Waals surface area contributed by atoms with Gasteiger partial charge in [-0.1, -0.05) is 6.92 Å². The summed E-state index contributed by atoms with van der Waals surface area (Å²) in [6, 6.07) is 0.119. The van der Waals surface area contributed by atoms with Crippen molar-refractivity contribution in [1.82, 2.24) is 20.4 Å². The fourth-order valence-corrected chi connectivity index (χ4v) is 2.25. The molecule has 0 aliphatic heterocycles. The van der Waals surface area contributed by atoms with Gasteiger partial charge in [-0.25, -0.2) is 0 Å². The molecule has 1 heterocycles. The number of carbonyl (C=O) groups is 1. The predicted octanol–water partition coefficient (Wildman–Crippen LogP) is 0.940. The fraction of sp³-hybridized carbons (Fsp3) is 0.714. The maximum atomic E-state index is 11.9. The molecule has 0 aliphatic carbocycles. The highest BCUT2D eigenvalue weighted by atomic mass is 16.1. The minimum absolute atomic E-state index is 0.0106. The SMILES string of the molecule is CNCC(C)C(=O)NC(C)Cc1c(C)nn(C)c1C. The van der Waals surface area contributed by atoms with Crippen molar-refractivity contribution in [2.24, 2.45) is 13.0 Å². The molecule has 0 aromatic carbocycles. The average Bonchev–Trinajstić information content (AvgIpc) is 2.56. The van der Waals surface area contributed by atoms with Crippen LogP contribution in [0, 0.1) is 19.8 Å². The van der Waals surface area contributed by atoms with Crippen LogP contribution in [0.15, 0.2) is 0 Å². The molecule has 0 aliphatic rings. The Bertz CT molecular complexity index is 439. The van der Waals surface area contributed by atoms with Crippen molar-refractivity contribution in [1.29, 1.82) is 0 Å². The first-order valence-electron chi connectivity index (χ1n) is 6.80. The summed E-state index contributed by atoms with van der Waals surface area (Å²) in [6.45, 7) is 8.74. The quantitative estimate of drug-likeness (QED) is 0.805. The Balaban J connectivity index is 2.60. The van der Waals surface area contributed by atoms with Gasteiger partial charge in [0.1, 0.15) is 0 Å². The van der Waals surface area contributed by atoms with Gasteiger partial charge in [-0.15, -0.1) is 0 Å². The van der Waals surface area contributed by atoms with Gasteiger partial charge in [0, 0.05) is 31.2 Å². The lowest BCUT2D eigenvalue weighted by atomic mass is 10.0. The second-order valence-electron chi connectivity index (χ2n) is 5.35. The average molecular weight is 266 g/mol. The van der Waals surface area contributed by atoms with Crippen LogP contribution in [0.5, 0.6) is 0 Å². The second kappa shape index (κ2) is 6.70. The molecule has 0 radical (unpaired) electrons. The minimum atomic E-state index is -0.0106. The third-order valence-corrected chi connectivity index (χ3v) is 3.52. The summed E-state index contributed by atoms with van der Waals surface area (Å²) in [5.41, 5.74) is 3.45. The van der Waals surface area contributed by atoms with Gasteiger partial charge in [-0.05, 0) is 39.8 Å². The molecule has 1 rings (SSSR count). The van der Waals surface area contributed by atoms with Crippen LogP contribution in [-0.2, 0) is 18.3 Å². The topological polar surface area (TPSA) is 59.0 Å². The number of hydrogen-bond acceptors (Lipinski definition) is 3. The van der Waals surface area contributed by atoms with Gasteiger partial charge in [0.25, 0.3) is 0 Å². The summed E-state index contributed by atoms with van der Waals surface area (Å²) in [6.07, 6.45) is 0.823. The van der Waals surface area contributed by atoms with E-state index in [9.17, 15) is 4.79 Å². The maximum absolute atomic E-state index is 11.9. The molecule has 108 valence electrons. The number of aryl methyl sites for hydroxylation is 2. The van der Waals surface area contributed by atoms with Gasteiger partial charge < -0.3 is 10.6 Å². The van der Waals surface area contributed by atoms with E-state index < -0.39 is 0 Å². The Morgan fingerprint density at radius 3 is 2.47 bits per heavy atom. The van der Waals surface area contributed by atoms with Crippen molar-refractivity contribution >= 4 is 5.91 Å². The summed E-state index contributed by atoms with van der Waals surface area (Å²) < 4.78 is 1.89. The number of nitrogens with zero attached hydrogens (tertiary/aromatic N) is 2. The first-order chi connectivity index (χ1) is 8.86. The molecule has 0 spiro atoms. The molecule has 0 fully saturated rings. The lowest BCUT2D eigenvalue weighted by Crippen LogP contribution is -2.40. The summed E-state index contributed by atoms with van der Waals surface area (Å²) in [5, 5.41) is 10.5. The lowest BCUT2D eigenvalue weighted by molar-refractivity contribution is -0.124. The summed E-state index contributed by atoms with van der Waals surface area (Å²) in [4.78, 5) is 11.9. The van der Waals surface area contributed by atoms with Crippen molar-refractivity contribution in [3.8, 4) is 0 Å². The first kappa shape index (κ1) is 15.7. The molecule has 2 atom stereocenters. The van der Waals surface area contributed by atoms with Crippen LogP contribution >= 0.6 is 0 Å². The van der Waals surface area contributed by atoms with Crippen molar-refractivity contribution in [3.05, 3.63) is 17.0 Å². The van der Waals surface area contributed by atoms with Crippen LogP contribution in [0.1, 0.15) is 30.8 Å². The van der Waals surface area contributed by atoms with Crippen LogP contribution in [0.4, 0.5) is 0 Å². The first-order valence-corrected chi connectivity index (χ1v) is 6.80. The van der Waals surface area contributed by atoms with Gasteiger partial charge >= 0.3 is 0 Å². The molecular weight excluding hydrogens is 240 g/mol. The van der Waals surface area contributed by atoms with E-state index in [1.54, 1.807) is 0 Å². The molecule has 1 aromatic heterocycles. The molecule has 0 saturated heterocycles. The normalized spacial score (nSPS) is 14.2. The number of nitrogens with one attached hydrogen (secondary N) is 2. The molecule has 0 bridgehead atoms. The monoisotopic (exact) mass is 266 g/mol. The standard InChI is InChI=1S/C14H26N4O/c1-9(8-15-5)14(19)16-10(2)7-13-11(3)17-18(6)12(13)4/h9-10,15H,7-8H2,1-6H3,(H,16,19). The molecule has 1 aromatic rings. The van der Waals surface area contributed by atoms with Gasteiger partial charge in [0.05, 0.1) is 5.69 Å². The number of rotatable bonds is 6. The third-order valence-electron chi connectivity index (χ3n) is 3.52. The Hall–Kier alpha value is -1.36. The highest BCUT2D eigenvalue weighted by Crippen LogP contribution is 2.14. The van der Waals surface area contributed by atoms with E-state index in [1.165, 1.54) is 11.3 Å². The Kier molecular flexibility index (Phi) is 5.54. The molecule has 2 unspecified atom stereocenters. The van der Waals surface area contributed by atoms with Crippen molar-refractivity contribution in [3.63, 3.8) is 0 Å². The molecule has 0 saturated carbocycles. The zero-order valence-corrected chi connectivity index (χ0v) is 12.9. The van der Waals surface area contributed by atoms with Gasteiger partial charge in [0.15, 0.2) is 0 Å². The molecular formula is C14H26N4O. The van der Waals surface area contributed by atoms with E-state index in [-0.39, 0.29) is 17.9 Å². The number of amides is 1. The second-order valence-corrected chi connectivity index (χ2v) is 5.35. The van der Waals surface area contributed by atoms with E-state index in [1.807, 2.05) is 39.5 Å². The smallest absolute Gasteiger partial charge is 0.224 e. The number of carbonyl (C=O) groups excluding carboxylic acids is 1. The fourth-order valence-electron chi connectivity index (χ4n) is 2.25. The van der Waals surface area contributed by atoms with Gasteiger partial charge in [-0.2, -0.15) is 5.10 Å². The van der Waals surface area contributed by atoms with Crippen molar-refractivity contribution in [2.75, 3.05) is 13.6 Å². The van der Waals surface area contributed by atoms with E-state index >= 15 is 0 Å². The summed E-state index contributed by atoms with van der Waals surface area (Å²) in [5.74, 6) is 0.0876. The van der Waals surface area contributed by atoms with Crippen LogP contribution in [-0.4, -0.2) is 35.3 Å². The molecule has 1 amide bonds. The Morgan fingerprint density at radius 1 is 1.37 bits per heavy atom. The lowest BCUT2D eigenvalue weighted by Gasteiger charge is -2.17. The molecule has 19 heavy (non-hydrogen) atoms. The van der Waals surface area contributed by atoms with Gasteiger partial charge in [0.2, 0.25) is 5.91 Å². The highest BCUT2D eigenvalue weighted by molar-refractivity contribution is 5.78. The third kappa shape index (κ3) is 4.06. The van der Waals surface area contributed by atoms with Crippen molar-refractivity contribution in [2.45, 2.75) is 40.2 Å². The molecule has 5 nitrogen and oxygen atoms in total. The Morgan fingerprint density at radius 2 is 2.00 bits per heavy atom. The molecule has 5 heteroatoms. The number of hydrogen-bond donors (Lipinski definition) is 2. The van der Waals surface area contributed by atoms with Crippen molar-refractivity contribution < 1.29 is 4.79 Å². The predicted molar refractivity (Wildman–Crippen MR) is 77.1 cm³/mol. The number of aromatic nitrogens is 2. The van der Waals surface area contributed by atoms with E-state index in [0.717, 1.165) is 12.1 Å².